The number of para-hydroxylation sites is 1. The van der Waals surface area contributed by atoms with E-state index in [0.717, 1.165) is 30.8 Å². The third-order valence-electron chi connectivity index (χ3n) is 3.50. The van der Waals surface area contributed by atoms with Crippen LogP contribution in [0.2, 0.25) is 0 Å². The zero-order chi connectivity index (χ0) is 13.1. The Bertz CT molecular complexity index is 428. The van der Waals surface area contributed by atoms with Crippen LogP contribution in [0, 0.1) is 0 Å². The van der Waals surface area contributed by atoms with Crippen molar-refractivity contribution in [2.75, 3.05) is 18.4 Å². The van der Waals surface area contributed by atoms with Gasteiger partial charge in [-0.2, -0.15) is 0 Å². The minimum Gasteiger partial charge on any atom is -0.384 e. The summed E-state index contributed by atoms with van der Waals surface area (Å²) in [7, 11) is 0. The highest BCUT2D eigenvalue weighted by Gasteiger charge is 2.32. The number of amides is 1. The summed E-state index contributed by atoms with van der Waals surface area (Å²) in [6.07, 6.45) is 1.01. The molecular formula is C15H22N2O. The zero-order valence-corrected chi connectivity index (χ0v) is 11.4. The van der Waals surface area contributed by atoms with Crippen LogP contribution in [-0.2, 0) is 4.79 Å². The quantitative estimate of drug-likeness (QED) is 0.886. The van der Waals surface area contributed by atoms with Crippen molar-refractivity contribution in [2.45, 2.75) is 39.2 Å². The van der Waals surface area contributed by atoms with Crippen LogP contribution in [0.1, 0.15) is 38.7 Å². The van der Waals surface area contributed by atoms with Gasteiger partial charge in [0, 0.05) is 24.8 Å². The Morgan fingerprint density at radius 2 is 2.17 bits per heavy atom. The fourth-order valence-electron chi connectivity index (χ4n) is 2.57. The van der Waals surface area contributed by atoms with E-state index in [2.05, 4.69) is 32.2 Å². The van der Waals surface area contributed by atoms with Gasteiger partial charge in [-0.25, -0.2) is 0 Å². The molecule has 0 fully saturated rings. The maximum absolute atomic E-state index is 12.6. The van der Waals surface area contributed by atoms with E-state index in [9.17, 15) is 4.79 Å². The lowest BCUT2D eigenvalue weighted by atomic mass is 9.99. The van der Waals surface area contributed by atoms with E-state index in [4.69, 9.17) is 0 Å². The molecule has 2 rings (SSSR count). The summed E-state index contributed by atoms with van der Waals surface area (Å²) in [5, 5.41) is 3.32. The Hall–Kier alpha value is -1.51. The first kappa shape index (κ1) is 12.9. The molecule has 0 saturated carbocycles. The molecule has 1 unspecified atom stereocenters. The highest BCUT2D eigenvalue weighted by molar-refractivity contribution is 5.88. The van der Waals surface area contributed by atoms with E-state index in [-0.39, 0.29) is 17.9 Å². The predicted molar refractivity (Wildman–Crippen MR) is 74.8 cm³/mol. The Morgan fingerprint density at radius 1 is 1.44 bits per heavy atom. The highest BCUT2D eigenvalue weighted by atomic mass is 16.2. The van der Waals surface area contributed by atoms with Gasteiger partial charge in [0.25, 0.3) is 0 Å². The van der Waals surface area contributed by atoms with Crippen molar-refractivity contribution in [3.8, 4) is 0 Å². The largest absolute Gasteiger partial charge is 0.384 e. The smallest absolute Gasteiger partial charge is 0.232 e. The zero-order valence-electron chi connectivity index (χ0n) is 11.4. The molecule has 98 valence electrons. The second-order valence-corrected chi connectivity index (χ2v) is 5.15. The first-order valence-corrected chi connectivity index (χ1v) is 6.78. The number of benzene rings is 1. The van der Waals surface area contributed by atoms with Crippen LogP contribution in [0.5, 0.6) is 0 Å². The maximum Gasteiger partial charge on any atom is 0.232 e. The Balaban J connectivity index is 2.20. The number of anilines is 1. The minimum absolute atomic E-state index is 0.0184. The summed E-state index contributed by atoms with van der Waals surface area (Å²) in [5.41, 5.74) is 2.25. The van der Waals surface area contributed by atoms with Crippen molar-refractivity contribution in [2.24, 2.45) is 0 Å². The molecule has 0 bridgehead atoms. The summed E-state index contributed by atoms with van der Waals surface area (Å²) in [6, 6.07) is 8.38. The third kappa shape index (κ3) is 2.35. The fourth-order valence-corrected chi connectivity index (χ4v) is 2.57. The van der Waals surface area contributed by atoms with Gasteiger partial charge < -0.3 is 10.2 Å². The molecule has 1 aromatic rings. The van der Waals surface area contributed by atoms with Crippen molar-refractivity contribution in [3.63, 3.8) is 0 Å². The first-order valence-electron chi connectivity index (χ1n) is 6.78. The molecule has 1 heterocycles. The second-order valence-electron chi connectivity index (χ2n) is 5.15. The van der Waals surface area contributed by atoms with E-state index >= 15 is 0 Å². The summed E-state index contributed by atoms with van der Waals surface area (Å²) >= 11 is 0. The van der Waals surface area contributed by atoms with Crippen molar-refractivity contribution in [3.05, 3.63) is 29.8 Å². The van der Waals surface area contributed by atoms with Gasteiger partial charge in [-0.15, -0.1) is 0 Å². The molecule has 0 radical (unpaired) electrons. The van der Waals surface area contributed by atoms with Crippen LogP contribution in [0.15, 0.2) is 24.3 Å². The molecule has 1 aliphatic rings. The standard InChI is InChI=1S/C15H22N2O/c1-4-9-17(11(2)3)15(18)13-10-16-14-8-6-5-7-12(13)14/h5-8,11,13,16H,4,9-10H2,1-3H3. The fraction of sp³-hybridized carbons (Fsp3) is 0.533. The maximum atomic E-state index is 12.6. The number of hydrogen-bond donors (Lipinski definition) is 1. The van der Waals surface area contributed by atoms with Gasteiger partial charge in [-0.3, -0.25) is 4.79 Å². The van der Waals surface area contributed by atoms with Crippen molar-refractivity contribution >= 4 is 11.6 Å². The van der Waals surface area contributed by atoms with Gasteiger partial charge in [-0.1, -0.05) is 25.1 Å². The number of carbonyl (C=O) groups is 1. The average Bonchev–Trinajstić information content (AvgIpc) is 2.78. The first-order chi connectivity index (χ1) is 8.65. The van der Waals surface area contributed by atoms with Crippen LogP contribution in [0.25, 0.3) is 0 Å². The number of hydrogen-bond acceptors (Lipinski definition) is 2. The molecule has 0 aromatic heterocycles. The summed E-state index contributed by atoms with van der Waals surface area (Å²) in [6.45, 7) is 7.85. The van der Waals surface area contributed by atoms with Gasteiger partial charge in [0.2, 0.25) is 5.91 Å². The summed E-state index contributed by atoms with van der Waals surface area (Å²) in [5.74, 6) is 0.236. The molecule has 1 aromatic carbocycles. The van der Waals surface area contributed by atoms with Crippen molar-refractivity contribution < 1.29 is 4.79 Å². The average molecular weight is 246 g/mol. The Labute approximate surface area is 109 Å². The Kier molecular flexibility index (Phi) is 3.90. The van der Waals surface area contributed by atoms with Crippen LogP contribution in [-0.4, -0.2) is 29.9 Å². The van der Waals surface area contributed by atoms with E-state index in [1.165, 1.54) is 0 Å². The van der Waals surface area contributed by atoms with E-state index in [1.54, 1.807) is 0 Å². The minimum atomic E-state index is -0.0184. The number of nitrogens with one attached hydrogen (secondary N) is 1. The van der Waals surface area contributed by atoms with Crippen molar-refractivity contribution in [1.82, 2.24) is 4.90 Å². The number of rotatable bonds is 4. The molecule has 0 aliphatic carbocycles. The number of nitrogens with zero attached hydrogens (tertiary/aromatic N) is 1. The number of carbonyl (C=O) groups excluding carboxylic acids is 1. The highest BCUT2D eigenvalue weighted by Crippen LogP contribution is 2.32. The van der Waals surface area contributed by atoms with Gasteiger partial charge in [0.05, 0.1) is 5.92 Å². The third-order valence-corrected chi connectivity index (χ3v) is 3.50. The van der Waals surface area contributed by atoms with Crippen LogP contribution in [0.3, 0.4) is 0 Å². The molecule has 3 nitrogen and oxygen atoms in total. The molecule has 18 heavy (non-hydrogen) atoms. The lowest BCUT2D eigenvalue weighted by Gasteiger charge is -2.29. The Morgan fingerprint density at radius 3 is 2.83 bits per heavy atom. The molecule has 1 aliphatic heterocycles. The van der Waals surface area contributed by atoms with Crippen LogP contribution in [0.4, 0.5) is 5.69 Å². The lowest BCUT2D eigenvalue weighted by Crippen LogP contribution is -2.41. The van der Waals surface area contributed by atoms with Crippen LogP contribution >= 0.6 is 0 Å². The number of fused-ring (bicyclic) bond motifs is 1. The summed E-state index contributed by atoms with van der Waals surface area (Å²) < 4.78 is 0. The van der Waals surface area contributed by atoms with Crippen LogP contribution < -0.4 is 5.32 Å². The lowest BCUT2D eigenvalue weighted by molar-refractivity contribution is -0.134. The molecular weight excluding hydrogens is 224 g/mol. The molecule has 3 heteroatoms. The molecule has 0 spiro atoms. The molecule has 1 amide bonds. The van der Waals surface area contributed by atoms with Gasteiger partial charge in [0.1, 0.15) is 0 Å². The predicted octanol–water partition coefficient (Wildman–Crippen LogP) is 2.84. The summed E-state index contributed by atoms with van der Waals surface area (Å²) in [4.78, 5) is 14.6. The second kappa shape index (κ2) is 5.42. The molecule has 1 N–H and O–H groups in total. The molecule has 0 saturated heterocycles. The van der Waals surface area contributed by atoms with E-state index in [0.29, 0.717) is 0 Å². The topological polar surface area (TPSA) is 32.3 Å². The van der Waals surface area contributed by atoms with Crippen molar-refractivity contribution in [1.29, 1.82) is 0 Å². The SMILES string of the molecule is CCCN(C(=O)C1CNc2ccccc21)C(C)C. The normalized spacial score (nSPS) is 17.4. The van der Waals surface area contributed by atoms with Gasteiger partial charge >= 0.3 is 0 Å². The van der Waals surface area contributed by atoms with Gasteiger partial charge in [0.15, 0.2) is 0 Å². The molecule has 1 atom stereocenters. The monoisotopic (exact) mass is 246 g/mol. The van der Waals surface area contributed by atoms with E-state index < -0.39 is 0 Å². The van der Waals surface area contributed by atoms with E-state index in [1.807, 2.05) is 23.1 Å². The van der Waals surface area contributed by atoms with Gasteiger partial charge in [-0.05, 0) is 31.9 Å².